The largest absolute Gasteiger partial charge is 0.495 e. The highest BCUT2D eigenvalue weighted by molar-refractivity contribution is 4.99. The molecule has 0 amide bonds. The molecular formula is C16H30O6. The maximum absolute atomic E-state index is 5.76. The lowest BCUT2D eigenvalue weighted by Gasteiger charge is -2.23. The van der Waals surface area contributed by atoms with Crippen LogP contribution in [0.1, 0.15) is 20.8 Å². The lowest BCUT2D eigenvalue weighted by molar-refractivity contribution is -0.0159. The molecule has 1 aliphatic rings. The van der Waals surface area contributed by atoms with E-state index < -0.39 is 0 Å². The minimum atomic E-state index is -0.112. The molecule has 0 radical (unpaired) electrons. The molecule has 6 heteroatoms. The number of ether oxygens (including phenoxy) is 6. The molecule has 22 heavy (non-hydrogen) atoms. The summed E-state index contributed by atoms with van der Waals surface area (Å²) >= 11 is 0. The van der Waals surface area contributed by atoms with Crippen molar-refractivity contribution in [3.05, 3.63) is 12.0 Å². The summed E-state index contributed by atoms with van der Waals surface area (Å²) in [6.07, 6.45) is 1.67. The zero-order valence-electron chi connectivity index (χ0n) is 14.1. The normalized spacial score (nSPS) is 21.7. The maximum atomic E-state index is 5.76. The van der Waals surface area contributed by atoms with E-state index in [4.69, 9.17) is 28.4 Å². The third kappa shape index (κ3) is 10.00. The third-order valence-electron chi connectivity index (χ3n) is 2.88. The topological polar surface area (TPSA) is 55.4 Å². The Morgan fingerprint density at radius 2 is 1.05 bits per heavy atom. The molecule has 0 aromatic heterocycles. The van der Waals surface area contributed by atoms with Gasteiger partial charge in [-0.05, 0) is 0 Å². The zero-order valence-corrected chi connectivity index (χ0v) is 14.1. The first kappa shape index (κ1) is 19.2. The molecular weight excluding hydrogens is 288 g/mol. The maximum Gasteiger partial charge on any atom is 0.136 e. The summed E-state index contributed by atoms with van der Waals surface area (Å²) < 4.78 is 32.9. The first-order chi connectivity index (χ1) is 10.6. The van der Waals surface area contributed by atoms with Crippen molar-refractivity contribution in [1.29, 1.82) is 0 Å². The van der Waals surface area contributed by atoms with E-state index >= 15 is 0 Å². The van der Waals surface area contributed by atoms with Crippen molar-refractivity contribution in [1.82, 2.24) is 0 Å². The smallest absolute Gasteiger partial charge is 0.136 e. The molecule has 0 spiro atoms. The van der Waals surface area contributed by atoms with Crippen molar-refractivity contribution in [3.8, 4) is 0 Å². The lowest BCUT2D eigenvalue weighted by atomic mass is 9.94. The van der Waals surface area contributed by atoms with E-state index in [2.05, 4.69) is 20.8 Å². The highest BCUT2D eigenvalue weighted by Crippen LogP contribution is 2.26. The second kappa shape index (κ2) is 11.7. The summed E-state index contributed by atoms with van der Waals surface area (Å²) in [6.45, 7) is 11.6. The predicted octanol–water partition coefficient (Wildman–Crippen LogP) is 1.99. The lowest BCUT2D eigenvalue weighted by Crippen LogP contribution is -2.18. The third-order valence-corrected chi connectivity index (χ3v) is 2.88. The fourth-order valence-corrected chi connectivity index (χ4v) is 1.64. The van der Waals surface area contributed by atoms with Gasteiger partial charge in [-0.1, -0.05) is 20.8 Å². The van der Waals surface area contributed by atoms with Crippen LogP contribution in [0, 0.1) is 5.41 Å². The average molecular weight is 318 g/mol. The van der Waals surface area contributed by atoms with Gasteiger partial charge in [-0.3, -0.25) is 0 Å². The van der Waals surface area contributed by atoms with Gasteiger partial charge in [0.1, 0.15) is 25.2 Å². The Morgan fingerprint density at radius 1 is 0.636 bits per heavy atom. The van der Waals surface area contributed by atoms with Crippen LogP contribution < -0.4 is 0 Å². The van der Waals surface area contributed by atoms with E-state index in [-0.39, 0.29) is 5.41 Å². The van der Waals surface area contributed by atoms with E-state index in [1.165, 1.54) is 0 Å². The zero-order chi connectivity index (χ0) is 16.1. The molecule has 0 bridgehead atoms. The molecule has 0 aromatic carbocycles. The molecule has 0 unspecified atom stereocenters. The highest BCUT2D eigenvalue weighted by Gasteiger charge is 2.19. The van der Waals surface area contributed by atoms with Gasteiger partial charge in [0.15, 0.2) is 0 Å². The van der Waals surface area contributed by atoms with Crippen LogP contribution in [0.5, 0.6) is 0 Å². The molecule has 0 atom stereocenters. The summed E-state index contributed by atoms with van der Waals surface area (Å²) in [7, 11) is 0. The van der Waals surface area contributed by atoms with Crippen LogP contribution in [-0.4, -0.2) is 66.1 Å². The number of hydrogen-bond acceptors (Lipinski definition) is 6. The number of rotatable bonds is 0. The van der Waals surface area contributed by atoms with Crippen molar-refractivity contribution < 1.29 is 28.4 Å². The molecule has 6 nitrogen and oxygen atoms in total. The summed E-state index contributed by atoms with van der Waals surface area (Å²) in [5, 5.41) is 0. The summed E-state index contributed by atoms with van der Waals surface area (Å²) in [5.74, 6) is 0.803. The summed E-state index contributed by atoms with van der Waals surface area (Å²) in [4.78, 5) is 0. The van der Waals surface area contributed by atoms with Crippen molar-refractivity contribution >= 4 is 0 Å². The SMILES string of the molecule is CC(C)(C)C1=COCCOCCOCCOCCOCCO1. The Morgan fingerprint density at radius 3 is 1.50 bits per heavy atom. The van der Waals surface area contributed by atoms with Crippen LogP contribution in [0.4, 0.5) is 0 Å². The Labute approximate surface area is 133 Å². The van der Waals surface area contributed by atoms with E-state index in [1.54, 1.807) is 6.26 Å². The van der Waals surface area contributed by atoms with Gasteiger partial charge in [0.05, 0.1) is 52.9 Å². The van der Waals surface area contributed by atoms with Crippen LogP contribution in [0.3, 0.4) is 0 Å². The fraction of sp³-hybridized carbons (Fsp3) is 0.875. The van der Waals surface area contributed by atoms with E-state index in [0.29, 0.717) is 66.1 Å². The first-order valence-corrected chi connectivity index (χ1v) is 7.87. The minimum absolute atomic E-state index is 0.112. The molecule has 1 rings (SSSR count). The molecule has 0 saturated heterocycles. The second-order valence-corrected chi connectivity index (χ2v) is 5.90. The predicted molar refractivity (Wildman–Crippen MR) is 82.7 cm³/mol. The molecule has 0 N–H and O–H groups in total. The average Bonchev–Trinajstić information content (AvgIpc) is 2.46. The molecule has 0 aliphatic carbocycles. The van der Waals surface area contributed by atoms with Gasteiger partial charge >= 0.3 is 0 Å². The molecule has 0 saturated carbocycles. The fourth-order valence-electron chi connectivity index (χ4n) is 1.64. The second-order valence-electron chi connectivity index (χ2n) is 5.90. The van der Waals surface area contributed by atoms with E-state index in [0.717, 1.165) is 5.76 Å². The molecule has 1 heterocycles. The minimum Gasteiger partial charge on any atom is -0.495 e. The quantitative estimate of drug-likeness (QED) is 0.681. The first-order valence-electron chi connectivity index (χ1n) is 7.87. The monoisotopic (exact) mass is 318 g/mol. The van der Waals surface area contributed by atoms with Gasteiger partial charge in [0.25, 0.3) is 0 Å². The number of hydrogen-bond donors (Lipinski definition) is 0. The molecule has 1 aliphatic heterocycles. The van der Waals surface area contributed by atoms with Gasteiger partial charge < -0.3 is 28.4 Å². The van der Waals surface area contributed by atoms with Crippen molar-refractivity contribution in [2.45, 2.75) is 20.8 Å². The standard InChI is InChI=1S/C16H30O6/c1-16(2,3)15-14-21-11-10-19-7-6-17-4-5-18-8-9-20-12-13-22-15/h14H,4-13H2,1-3H3. The molecule has 0 aromatic rings. The van der Waals surface area contributed by atoms with Gasteiger partial charge in [0.2, 0.25) is 0 Å². The van der Waals surface area contributed by atoms with Crippen LogP contribution in [-0.2, 0) is 28.4 Å². The van der Waals surface area contributed by atoms with Crippen LogP contribution in [0.2, 0.25) is 0 Å². The van der Waals surface area contributed by atoms with Crippen LogP contribution >= 0.6 is 0 Å². The Balaban J connectivity index is 2.39. The van der Waals surface area contributed by atoms with Crippen molar-refractivity contribution in [2.75, 3.05) is 66.1 Å². The summed E-state index contributed by atoms with van der Waals surface area (Å²) in [6, 6.07) is 0. The van der Waals surface area contributed by atoms with E-state index in [9.17, 15) is 0 Å². The van der Waals surface area contributed by atoms with Crippen molar-refractivity contribution in [2.24, 2.45) is 5.41 Å². The summed E-state index contributed by atoms with van der Waals surface area (Å²) in [5.41, 5.74) is -0.112. The van der Waals surface area contributed by atoms with Gasteiger partial charge in [-0.2, -0.15) is 0 Å². The Hall–Kier alpha value is -0.820. The van der Waals surface area contributed by atoms with Gasteiger partial charge in [-0.25, -0.2) is 0 Å². The van der Waals surface area contributed by atoms with Gasteiger partial charge in [-0.15, -0.1) is 0 Å². The van der Waals surface area contributed by atoms with E-state index in [1.807, 2.05) is 0 Å². The Kier molecular flexibility index (Phi) is 10.2. The van der Waals surface area contributed by atoms with Crippen molar-refractivity contribution in [3.63, 3.8) is 0 Å². The van der Waals surface area contributed by atoms with Gasteiger partial charge in [0, 0.05) is 5.41 Å². The molecule has 130 valence electrons. The molecule has 0 fully saturated rings. The van der Waals surface area contributed by atoms with Crippen LogP contribution in [0.15, 0.2) is 12.0 Å². The highest BCUT2D eigenvalue weighted by atomic mass is 16.6. The number of allylic oxidation sites excluding steroid dienone is 1. The Bertz CT molecular complexity index is 298. The van der Waals surface area contributed by atoms with Crippen LogP contribution in [0.25, 0.3) is 0 Å².